The molecule has 1 unspecified atom stereocenters. The molecule has 0 bridgehead atoms. The van der Waals surface area contributed by atoms with Crippen LogP contribution in [0, 0.1) is 40.4 Å². The molecule has 5 aliphatic rings. The van der Waals surface area contributed by atoms with Crippen molar-refractivity contribution in [1.29, 1.82) is 0 Å². The van der Waals surface area contributed by atoms with Crippen LogP contribution < -0.4 is 0 Å². The summed E-state index contributed by atoms with van der Waals surface area (Å²) in [7, 11) is 0. The number of carbonyl (C=O) groups is 2. The van der Waals surface area contributed by atoms with E-state index in [0.717, 1.165) is 43.4 Å². The number of piperazine rings is 1. The Labute approximate surface area is 240 Å². The third-order valence-electron chi connectivity index (χ3n) is 12.5. The molecule has 8 atom stereocenters. The highest BCUT2D eigenvalue weighted by Crippen LogP contribution is 2.67. The van der Waals surface area contributed by atoms with Gasteiger partial charge < -0.3 is 14.9 Å². The molecular formula is C34H49N3O3. The first-order valence-corrected chi connectivity index (χ1v) is 16.1. The molecule has 4 fully saturated rings. The molecule has 0 spiro atoms. The summed E-state index contributed by atoms with van der Waals surface area (Å²) in [6.45, 7) is 9.90. The molecule has 3 saturated carbocycles. The molecule has 1 N–H and O–H groups in total. The zero-order chi connectivity index (χ0) is 28.1. The first kappa shape index (κ1) is 27.9. The van der Waals surface area contributed by atoms with Gasteiger partial charge in [0.15, 0.2) is 0 Å². The van der Waals surface area contributed by atoms with Crippen LogP contribution in [0.4, 0.5) is 0 Å². The number of nitrogens with zero attached hydrogens (tertiary/aromatic N) is 3. The Morgan fingerprint density at radius 1 is 1.02 bits per heavy atom. The fraction of sp³-hybridized carbons (Fsp3) is 0.735. The molecule has 2 amide bonds. The Morgan fingerprint density at radius 2 is 1.80 bits per heavy atom. The van der Waals surface area contributed by atoms with Gasteiger partial charge in [0.1, 0.15) is 5.69 Å². The lowest BCUT2D eigenvalue weighted by molar-refractivity contribution is -0.133. The second-order valence-corrected chi connectivity index (χ2v) is 14.3. The minimum absolute atomic E-state index is 0.0418. The van der Waals surface area contributed by atoms with E-state index < -0.39 is 0 Å². The molecule has 1 aromatic rings. The average molecular weight is 548 g/mol. The van der Waals surface area contributed by atoms with E-state index in [1.54, 1.807) is 17.8 Å². The van der Waals surface area contributed by atoms with Gasteiger partial charge in [-0.25, -0.2) is 0 Å². The molecule has 1 saturated heterocycles. The molecule has 6 rings (SSSR count). The van der Waals surface area contributed by atoms with Gasteiger partial charge in [-0.2, -0.15) is 0 Å². The molecule has 0 radical (unpaired) electrons. The molecule has 4 aliphatic carbocycles. The highest BCUT2D eigenvalue weighted by Gasteiger charge is 2.59. The summed E-state index contributed by atoms with van der Waals surface area (Å²) < 4.78 is 0. The average Bonchev–Trinajstić information content (AvgIpc) is 3.33. The zero-order valence-corrected chi connectivity index (χ0v) is 24.9. The molecule has 1 aromatic heterocycles. The first-order valence-electron chi connectivity index (χ1n) is 16.1. The maximum Gasteiger partial charge on any atom is 0.272 e. The summed E-state index contributed by atoms with van der Waals surface area (Å²) in [6.07, 6.45) is 15.1. The monoisotopic (exact) mass is 547 g/mol. The molecule has 218 valence electrons. The van der Waals surface area contributed by atoms with Crippen molar-refractivity contribution in [3.05, 3.63) is 41.7 Å². The third kappa shape index (κ3) is 4.82. The van der Waals surface area contributed by atoms with Crippen LogP contribution in [-0.4, -0.2) is 64.0 Å². The lowest BCUT2D eigenvalue weighted by atomic mass is 9.47. The van der Waals surface area contributed by atoms with Gasteiger partial charge in [0.05, 0.1) is 6.10 Å². The number of rotatable bonds is 5. The first-order chi connectivity index (χ1) is 19.2. The summed E-state index contributed by atoms with van der Waals surface area (Å²) in [6, 6.07) is 5.41. The Hall–Kier alpha value is -2.21. The lowest BCUT2D eigenvalue weighted by Crippen LogP contribution is -2.51. The van der Waals surface area contributed by atoms with E-state index >= 15 is 0 Å². The number of fused-ring (bicyclic) bond motifs is 5. The molecule has 6 nitrogen and oxygen atoms in total. The van der Waals surface area contributed by atoms with Gasteiger partial charge in [-0.05, 0) is 110 Å². The van der Waals surface area contributed by atoms with Crippen LogP contribution in [-0.2, 0) is 4.79 Å². The number of aliphatic hydroxyl groups is 1. The van der Waals surface area contributed by atoms with Crippen LogP contribution >= 0.6 is 0 Å². The number of carbonyl (C=O) groups excluding carboxylic acids is 2. The summed E-state index contributed by atoms with van der Waals surface area (Å²) in [5.41, 5.74) is 2.72. The van der Waals surface area contributed by atoms with Crippen LogP contribution in [0.15, 0.2) is 36.0 Å². The summed E-state index contributed by atoms with van der Waals surface area (Å²) in [5.74, 6) is 3.81. The molecule has 0 aromatic carbocycles. The smallest absolute Gasteiger partial charge is 0.272 e. The van der Waals surface area contributed by atoms with Crippen LogP contribution in [0.2, 0.25) is 0 Å². The predicted octanol–water partition coefficient (Wildman–Crippen LogP) is 5.72. The lowest BCUT2D eigenvalue weighted by Gasteiger charge is -2.58. The number of aromatic nitrogens is 1. The van der Waals surface area contributed by atoms with E-state index in [9.17, 15) is 14.7 Å². The Balaban J connectivity index is 1.02. The normalized spacial score (nSPS) is 38.1. The van der Waals surface area contributed by atoms with Gasteiger partial charge >= 0.3 is 0 Å². The van der Waals surface area contributed by atoms with E-state index in [1.807, 2.05) is 21.9 Å². The predicted molar refractivity (Wildman–Crippen MR) is 156 cm³/mol. The summed E-state index contributed by atoms with van der Waals surface area (Å²) >= 11 is 0. The summed E-state index contributed by atoms with van der Waals surface area (Å²) in [5, 5.41) is 10.3. The van der Waals surface area contributed by atoms with E-state index in [-0.39, 0.29) is 17.9 Å². The highest BCUT2D eigenvalue weighted by atomic mass is 16.3. The Kier molecular flexibility index (Phi) is 7.60. The quantitative estimate of drug-likeness (QED) is 0.479. The van der Waals surface area contributed by atoms with Gasteiger partial charge in [0, 0.05) is 38.8 Å². The highest BCUT2D eigenvalue weighted by molar-refractivity contribution is 5.92. The van der Waals surface area contributed by atoms with E-state index in [1.165, 1.54) is 32.1 Å². The summed E-state index contributed by atoms with van der Waals surface area (Å²) in [4.78, 5) is 33.9. The van der Waals surface area contributed by atoms with E-state index in [0.29, 0.717) is 61.0 Å². The second-order valence-electron chi connectivity index (χ2n) is 14.3. The third-order valence-corrected chi connectivity index (χ3v) is 12.5. The van der Waals surface area contributed by atoms with Gasteiger partial charge in [-0.15, -0.1) is 0 Å². The molecule has 6 heteroatoms. The van der Waals surface area contributed by atoms with Crippen molar-refractivity contribution in [2.75, 3.05) is 26.2 Å². The van der Waals surface area contributed by atoms with Gasteiger partial charge in [-0.3, -0.25) is 14.6 Å². The van der Waals surface area contributed by atoms with Crippen LogP contribution in [0.5, 0.6) is 0 Å². The number of amides is 2. The maximum absolute atomic E-state index is 13.2. The van der Waals surface area contributed by atoms with Crippen molar-refractivity contribution < 1.29 is 14.7 Å². The minimum atomic E-state index is -0.137. The molecule has 2 heterocycles. The number of pyridine rings is 1. The van der Waals surface area contributed by atoms with Crippen molar-refractivity contribution in [3.63, 3.8) is 0 Å². The SMILES string of the molecule is CC(CCC(=O)N1CCN(C(=O)c2ccccn2)CC1)[C@H]1CC[C@H]2[C@@H]3CC=C4C[C@@H](O)CC[C@]4(C)[C@H]3CC[C@]12C. The van der Waals surface area contributed by atoms with E-state index in [4.69, 9.17) is 0 Å². The van der Waals surface area contributed by atoms with Gasteiger partial charge in [0.2, 0.25) is 5.91 Å². The van der Waals surface area contributed by atoms with E-state index in [2.05, 4.69) is 31.8 Å². The maximum atomic E-state index is 13.2. The molecule has 40 heavy (non-hydrogen) atoms. The van der Waals surface area contributed by atoms with Gasteiger partial charge in [0.25, 0.3) is 5.91 Å². The zero-order valence-electron chi connectivity index (χ0n) is 24.9. The van der Waals surface area contributed by atoms with Crippen LogP contribution in [0.25, 0.3) is 0 Å². The fourth-order valence-corrected chi connectivity index (χ4v) is 10.1. The Morgan fingerprint density at radius 3 is 2.55 bits per heavy atom. The van der Waals surface area contributed by atoms with Crippen molar-refractivity contribution in [2.24, 2.45) is 40.4 Å². The van der Waals surface area contributed by atoms with Crippen molar-refractivity contribution in [3.8, 4) is 0 Å². The topological polar surface area (TPSA) is 73.7 Å². The van der Waals surface area contributed by atoms with Crippen LogP contribution in [0.3, 0.4) is 0 Å². The Bertz CT molecular complexity index is 1130. The largest absolute Gasteiger partial charge is 0.393 e. The number of aliphatic hydroxyl groups excluding tert-OH is 1. The van der Waals surface area contributed by atoms with Gasteiger partial charge in [-0.1, -0.05) is 38.5 Å². The standard InChI is InChI=1S/C34H49N3O3/c1-23(7-12-31(39)36-18-20-37(21-19-36)32(40)30-6-4-5-17-35-30)27-10-11-28-26-9-8-24-22-25(38)13-15-33(24,2)29(26)14-16-34(27,28)3/h4-6,8,17,23,25-29,38H,7,9-16,18-22H2,1-3H3/t23?,25-,26-,27+,28-,29-,33-,34+/m0/s1. The second kappa shape index (κ2) is 10.9. The number of allylic oxidation sites excluding steroid dienone is 1. The van der Waals surface area contributed by atoms with Crippen molar-refractivity contribution in [2.45, 2.75) is 91.1 Å². The van der Waals surface area contributed by atoms with Crippen LogP contribution in [0.1, 0.15) is 95.5 Å². The fourth-order valence-electron chi connectivity index (χ4n) is 10.1. The minimum Gasteiger partial charge on any atom is -0.393 e. The number of hydrogen-bond donors (Lipinski definition) is 1. The molecular weight excluding hydrogens is 498 g/mol. The van der Waals surface area contributed by atoms with Crippen molar-refractivity contribution in [1.82, 2.24) is 14.8 Å². The molecule has 1 aliphatic heterocycles. The number of hydrogen-bond acceptors (Lipinski definition) is 4. The van der Waals surface area contributed by atoms with Crippen molar-refractivity contribution >= 4 is 11.8 Å².